The van der Waals surface area contributed by atoms with Gasteiger partial charge in [-0.1, -0.05) is 0 Å². The summed E-state index contributed by atoms with van der Waals surface area (Å²) < 4.78 is 5.10. The summed E-state index contributed by atoms with van der Waals surface area (Å²) >= 11 is 0. The van der Waals surface area contributed by atoms with Gasteiger partial charge in [-0.2, -0.15) is 0 Å². The molecule has 0 saturated heterocycles. The van der Waals surface area contributed by atoms with E-state index in [4.69, 9.17) is 4.74 Å². The maximum Gasteiger partial charge on any atom is 0.407 e. The lowest BCUT2D eigenvalue weighted by Gasteiger charge is -2.30. The lowest BCUT2D eigenvalue weighted by molar-refractivity contribution is -0.121. The van der Waals surface area contributed by atoms with Crippen molar-refractivity contribution in [2.75, 3.05) is 19.6 Å². The van der Waals surface area contributed by atoms with Crippen molar-refractivity contribution in [3.05, 3.63) is 0 Å². The maximum absolute atomic E-state index is 11.7. The Bertz CT molecular complexity index is 341. The zero-order chi connectivity index (χ0) is 17.3. The molecule has 0 spiro atoms. The summed E-state index contributed by atoms with van der Waals surface area (Å²) in [7, 11) is 0. The Morgan fingerprint density at radius 1 is 1.00 bits per heavy atom. The topological polar surface area (TPSA) is 70.7 Å². The predicted octanol–water partition coefficient (Wildman–Crippen LogP) is 2.14. The summed E-state index contributed by atoms with van der Waals surface area (Å²) in [5, 5.41) is 5.45. The van der Waals surface area contributed by atoms with Gasteiger partial charge in [0.25, 0.3) is 0 Å². The average Bonchev–Trinajstić information content (AvgIpc) is 2.31. The van der Waals surface area contributed by atoms with E-state index in [9.17, 15) is 9.59 Å². The zero-order valence-corrected chi connectivity index (χ0v) is 15.2. The third-order valence-electron chi connectivity index (χ3n) is 3.04. The standard InChI is InChI=1S/C16H33N3O3/c1-12(2)19(13(3)4)11-10-17-14(20)8-9-18-15(21)22-16(5,6)7/h12-13H,8-11H2,1-7H3,(H,17,20)(H,18,21). The van der Waals surface area contributed by atoms with Crippen LogP contribution in [0.25, 0.3) is 0 Å². The highest BCUT2D eigenvalue weighted by molar-refractivity contribution is 5.77. The number of alkyl carbamates (subject to hydrolysis) is 1. The number of carbonyl (C=O) groups is 2. The van der Waals surface area contributed by atoms with Crippen LogP contribution in [0.15, 0.2) is 0 Å². The molecule has 0 aromatic carbocycles. The quantitative estimate of drug-likeness (QED) is 0.720. The Kier molecular flexibility index (Phi) is 9.09. The Morgan fingerprint density at radius 3 is 2.00 bits per heavy atom. The van der Waals surface area contributed by atoms with Gasteiger partial charge in [-0.3, -0.25) is 9.69 Å². The maximum atomic E-state index is 11.7. The van der Waals surface area contributed by atoms with Crippen molar-refractivity contribution in [3.8, 4) is 0 Å². The predicted molar refractivity (Wildman–Crippen MR) is 88.8 cm³/mol. The first-order valence-corrected chi connectivity index (χ1v) is 8.02. The number of amides is 2. The summed E-state index contributed by atoms with van der Waals surface area (Å²) in [6.07, 6.45) is -0.242. The molecule has 0 aliphatic heterocycles. The third kappa shape index (κ3) is 10.4. The molecule has 0 aliphatic rings. The van der Waals surface area contributed by atoms with Gasteiger partial charge in [0.05, 0.1) is 0 Å². The van der Waals surface area contributed by atoms with Crippen molar-refractivity contribution < 1.29 is 14.3 Å². The van der Waals surface area contributed by atoms with Crippen molar-refractivity contribution in [1.82, 2.24) is 15.5 Å². The molecule has 22 heavy (non-hydrogen) atoms. The minimum absolute atomic E-state index is 0.0662. The van der Waals surface area contributed by atoms with Crippen LogP contribution in [0.3, 0.4) is 0 Å². The number of hydrogen-bond donors (Lipinski definition) is 2. The molecule has 0 aliphatic carbocycles. The van der Waals surface area contributed by atoms with Crippen molar-refractivity contribution in [2.45, 2.75) is 72.6 Å². The first-order chi connectivity index (χ1) is 10.0. The van der Waals surface area contributed by atoms with Crippen LogP contribution < -0.4 is 10.6 Å². The van der Waals surface area contributed by atoms with Gasteiger partial charge in [0.15, 0.2) is 0 Å². The number of nitrogens with zero attached hydrogens (tertiary/aromatic N) is 1. The molecular formula is C16H33N3O3. The number of ether oxygens (including phenoxy) is 1. The highest BCUT2D eigenvalue weighted by Crippen LogP contribution is 2.06. The van der Waals surface area contributed by atoms with Crippen LogP contribution in [-0.4, -0.2) is 54.2 Å². The molecule has 2 N–H and O–H groups in total. The van der Waals surface area contributed by atoms with Crippen LogP contribution >= 0.6 is 0 Å². The van der Waals surface area contributed by atoms with Gasteiger partial charge in [0.2, 0.25) is 5.91 Å². The molecule has 0 aromatic rings. The second-order valence-corrected chi connectivity index (χ2v) is 6.95. The van der Waals surface area contributed by atoms with E-state index in [0.29, 0.717) is 18.6 Å². The lowest BCUT2D eigenvalue weighted by Crippen LogP contribution is -2.43. The Labute approximate surface area is 135 Å². The van der Waals surface area contributed by atoms with E-state index >= 15 is 0 Å². The minimum atomic E-state index is -0.524. The number of nitrogens with one attached hydrogen (secondary N) is 2. The smallest absolute Gasteiger partial charge is 0.407 e. The normalized spacial score (nSPS) is 11.9. The molecule has 0 aromatic heterocycles. The molecule has 0 bridgehead atoms. The van der Waals surface area contributed by atoms with E-state index in [1.165, 1.54) is 0 Å². The largest absolute Gasteiger partial charge is 0.444 e. The summed E-state index contributed by atoms with van der Waals surface area (Å²) in [6, 6.07) is 0.900. The van der Waals surface area contributed by atoms with Gasteiger partial charge < -0.3 is 15.4 Å². The average molecular weight is 315 g/mol. The van der Waals surface area contributed by atoms with Crippen molar-refractivity contribution in [2.24, 2.45) is 0 Å². The molecule has 0 rings (SSSR count). The van der Waals surface area contributed by atoms with Gasteiger partial charge in [-0.15, -0.1) is 0 Å². The molecule has 6 heteroatoms. The first-order valence-electron chi connectivity index (χ1n) is 8.02. The fraction of sp³-hybridized carbons (Fsp3) is 0.875. The molecule has 2 amide bonds. The molecule has 0 saturated carbocycles. The monoisotopic (exact) mass is 315 g/mol. The summed E-state index contributed by atoms with van der Waals surface area (Å²) in [4.78, 5) is 25.4. The Balaban J connectivity index is 3.85. The Morgan fingerprint density at radius 2 is 1.55 bits per heavy atom. The number of hydrogen-bond acceptors (Lipinski definition) is 4. The van der Waals surface area contributed by atoms with Crippen LogP contribution in [0.1, 0.15) is 54.9 Å². The SMILES string of the molecule is CC(C)N(CCNC(=O)CCNC(=O)OC(C)(C)C)C(C)C. The summed E-state index contributed by atoms with van der Waals surface area (Å²) in [5.41, 5.74) is -0.524. The zero-order valence-electron chi connectivity index (χ0n) is 15.2. The first kappa shape index (κ1) is 20.7. The van der Waals surface area contributed by atoms with Crippen LogP contribution in [0.5, 0.6) is 0 Å². The molecule has 0 radical (unpaired) electrons. The van der Waals surface area contributed by atoms with Crippen LogP contribution in [0.4, 0.5) is 4.79 Å². The minimum Gasteiger partial charge on any atom is -0.444 e. The molecule has 0 fully saturated rings. The second kappa shape index (κ2) is 9.66. The fourth-order valence-corrected chi connectivity index (χ4v) is 2.12. The Hall–Kier alpha value is -1.30. The summed E-state index contributed by atoms with van der Waals surface area (Å²) in [5.74, 6) is -0.0662. The van der Waals surface area contributed by atoms with E-state index < -0.39 is 11.7 Å². The van der Waals surface area contributed by atoms with E-state index in [1.54, 1.807) is 20.8 Å². The van der Waals surface area contributed by atoms with Crippen LogP contribution in [0, 0.1) is 0 Å². The fourth-order valence-electron chi connectivity index (χ4n) is 2.12. The van der Waals surface area contributed by atoms with Crippen LogP contribution in [0.2, 0.25) is 0 Å². The molecular weight excluding hydrogens is 282 g/mol. The number of carbonyl (C=O) groups excluding carboxylic acids is 2. The van der Waals surface area contributed by atoms with E-state index in [1.807, 2.05) is 0 Å². The van der Waals surface area contributed by atoms with Crippen molar-refractivity contribution in [1.29, 1.82) is 0 Å². The van der Waals surface area contributed by atoms with Crippen LogP contribution in [-0.2, 0) is 9.53 Å². The van der Waals surface area contributed by atoms with E-state index in [-0.39, 0.29) is 18.9 Å². The third-order valence-corrected chi connectivity index (χ3v) is 3.04. The molecule has 6 nitrogen and oxygen atoms in total. The highest BCUT2D eigenvalue weighted by atomic mass is 16.6. The van der Waals surface area contributed by atoms with E-state index in [2.05, 4.69) is 43.2 Å². The van der Waals surface area contributed by atoms with Gasteiger partial charge >= 0.3 is 6.09 Å². The van der Waals surface area contributed by atoms with Gasteiger partial charge in [0.1, 0.15) is 5.60 Å². The molecule has 0 unspecified atom stereocenters. The van der Waals surface area contributed by atoms with Crippen molar-refractivity contribution in [3.63, 3.8) is 0 Å². The highest BCUT2D eigenvalue weighted by Gasteiger charge is 2.16. The molecule has 0 heterocycles. The van der Waals surface area contributed by atoms with E-state index in [0.717, 1.165) is 6.54 Å². The molecule has 130 valence electrons. The van der Waals surface area contributed by atoms with Crippen molar-refractivity contribution >= 4 is 12.0 Å². The lowest BCUT2D eigenvalue weighted by atomic mass is 10.2. The second-order valence-electron chi connectivity index (χ2n) is 6.95. The summed E-state index contributed by atoms with van der Waals surface area (Å²) in [6.45, 7) is 15.7. The van der Waals surface area contributed by atoms with Gasteiger partial charge in [-0.05, 0) is 48.5 Å². The number of rotatable bonds is 8. The van der Waals surface area contributed by atoms with Gasteiger partial charge in [-0.25, -0.2) is 4.79 Å². The molecule has 0 atom stereocenters. The van der Waals surface area contributed by atoms with Gasteiger partial charge in [0, 0.05) is 38.1 Å².